The summed E-state index contributed by atoms with van der Waals surface area (Å²) in [4.78, 5) is 37.2. The van der Waals surface area contributed by atoms with Gasteiger partial charge in [-0.3, -0.25) is 18.7 Å². The average molecular weight is 643 g/mol. The highest BCUT2D eigenvalue weighted by Gasteiger charge is 2.30. The number of hydrogen-bond donors (Lipinski definition) is 2. The third kappa shape index (κ3) is 7.64. The van der Waals surface area contributed by atoms with Gasteiger partial charge >= 0.3 is 5.97 Å². The number of sulfonamides is 1. The maximum atomic E-state index is 14.0. The van der Waals surface area contributed by atoms with Gasteiger partial charge in [0.25, 0.3) is 15.9 Å². The first-order chi connectivity index (χ1) is 20.5. The van der Waals surface area contributed by atoms with Crippen LogP contribution in [0.2, 0.25) is 10.0 Å². The van der Waals surface area contributed by atoms with Gasteiger partial charge in [-0.15, -0.1) is 0 Å². The Balaban J connectivity index is 1.72. The molecular weight excluding hydrogens is 613 g/mol. The standard InChI is InChI=1S/C31H29Cl2N3O6S/c1-2-3-14-42-29(37)19-36(43(40,41)24-16-22(32)15-23(33)17-24)28-9-5-6-25-26(28)7-4-8-27(25)31(39)35-18-20-10-12-21(13-11-20)30(34)38/h4-13,15-17H,2-3,14,18-19H2,1H3,(H2,34,38)(H,35,39). The number of carbonyl (C=O) groups is 3. The number of nitrogens with zero attached hydrogens (tertiary/aromatic N) is 1. The van der Waals surface area contributed by atoms with E-state index in [2.05, 4.69) is 5.32 Å². The monoisotopic (exact) mass is 641 g/mol. The zero-order valence-corrected chi connectivity index (χ0v) is 25.5. The molecule has 0 aliphatic rings. The number of anilines is 1. The number of nitrogens with one attached hydrogen (secondary N) is 1. The molecule has 0 aliphatic heterocycles. The van der Waals surface area contributed by atoms with Crippen molar-refractivity contribution in [3.63, 3.8) is 0 Å². The molecule has 0 unspecified atom stereocenters. The summed E-state index contributed by atoms with van der Waals surface area (Å²) in [6, 6.07) is 20.2. The van der Waals surface area contributed by atoms with Gasteiger partial charge in [-0.25, -0.2) is 8.42 Å². The van der Waals surface area contributed by atoms with Crippen LogP contribution in [0.15, 0.2) is 83.8 Å². The van der Waals surface area contributed by atoms with Gasteiger partial charge < -0.3 is 15.8 Å². The summed E-state index contributed by atoms with van der Waals surface area (Å²) in [6.45, 7) is 1.65. The molecule has 0 aromatic heterocycles. The third-order valence-electron chi connectivity index (χ3n) is 6.56. The van der Waals surface area contributed by atoms with Crippen LogP contribution >= 0.6 is 23.2 Å². The highest BCUT2D eigenvalue weighted by molar-refractivity contribution is 7.93. The molecule has 12 heteroatoms. The molecule has 0 heterocycles. The molecule has 0 fully saturated rings. The SMILES string of the molecule is CCCCOC(=O)CN(c1cccc2c(C(=O)NCc3ccc(C(N)=O)cc3)cccc12)S(=O)(=O)c1cc(Cl)cc(Cl)c1. The number of halogens is 2. The lowest BCUT2D eigenvalue weighted by atomic mass is 10.0. The molecule has 0 saturated carbocycles. The molecule has 43 heavy (non-hydrogen) atoms. The van der Waals surface area contributed by atoms with Crippen LogP contribution in [0, 0.1) is 0 Å². The minimum atomic E-state index is -4.38. The van der Waals surface area contributed by atoms with Crippen molar-refractivity contribution >= 4 is 67.5 Å². The highest BCUT2D eigenvalue weighted by Crippen LogP contribution is 2.34. The van der Waals surface area contributed by atoms with Gasteiger partial charge in [-0.05, 0) is 59.8 Å². The second-order valence-corrected chi connectivity index (χ2v) is 12.3. The van der Waals surface area contributed by atoms with E-state index in [0.29, 0.717) is 28.3 Å². The first-order valence-electron chi connectivity index (χ1n) is 13.3. The molecule has 4 aromatic rings. The van der Waals surface area contributed by atoms with E-state index in [0.717, 1.165) is 16.3 Å². The Morgan fingerprint density at radius 1 is 0.907 bits per heavy atom. The van der Waals surface area contributed by atoms with E-state index in [1.807, 2.05) is 6.92 Å². The van der Waals surface area contributed by atoms with Crippen LogP contribution < -0.4 is 15.4 Å². The summed E-state index contributed by atoms with van der Waals surface area (Å²) in [7, 11) is -4.38. The fourth-order valence-corrected chi connectivity index (χ4v) is 6.53. The summed E-state index contributed by atoms with van der Waals surface area (Å²) in [5.41, 5.74) is 6.85. The van der Waals surface area contributed by atoms with Crippen LogP contribution in [-0.2, 0) is 26.1 Å². The Morgan fingerprint density at radius 3 is 2.21 bits per heavy atom. The number of hydrogen-bond acceptors (Lipinski definition) is 6. The summed E-state index contributed by atoms with van der Waals surface area (Å²) >= 11 is 12.2. The van der Waals surface area contributed by atoms with Crippen LogP contribution in [0.5, 0.6) is 0 Å². The smallest absolute Gasteiger partial charge is 0.326 e. The van der Waals surface area contributed by atoms with Crippen molar-refractivity contribution in [3.8, 4) is 0 Å². The molecule has 0 aliphatic carbocycles. The van der Waals surface area contributed by atoms with Crippen LogP contribution in [-0.4, -0.2) is 39.4 Å². The van der Waals surface area contributed by atoms with Gasteiger partial charge in [0, 0.05) is 33.1 Å². The number of carbonyl (C=O) groups excluding carboxylic acids is 3. The van der Waals surface area contributed by atoms with Crippen LogP contribution in [0.4, 0.5) is 5.69 Å². The first-order valence-corrected chi connectivity index (χ1v) is 15.5. The fourth-order valence-electron chi connectivity index (χ4n) is 4.37. The van der Waals surface area contributed by atoms with E-state index < -0.39 is 34.4 Å². The molecule has 2 amide bonds. The number of rotatable bonds is 12. The Kier molecular flexibility index (Phi) is 10.3. The number of fused-ring (bicyclic) bond motifs is 1. The maximum absolute atomic E-state index is 14.0. The number of esters is 1. The van der Waals surface area contributed by atoms with Crippen molar-refractivity contribution in [1.29, 1.82) is 0 Å². The van der Waals surface area contributed by atoms with Gasteiger partial charge in [-0.1, -0.05) is 72.9 Å². The lowest BCUT2D eigenvalue weighted by Gasteiger charge is -2.25. The molecule has 224 valence electrons. The van der Waals surface area contributed by atoms with E-state index in [4.69, 9.17) is 33.7 Å². The van der Waals surface area contributed by atoms with Crippen molar-refractivity contribution in [2.24, 2.45) is 5.73 Å². The van der Waals surface area contributed by atoms with Gasteiger partial charge in [-0.2, -0.15) is 0 Å². The molecular formula is C31H29Cl2N3O6S. The predicted molar refractivity (Wildman–Crippen MR) is 167 cm³/mol. The Hall–Kier alpha value is -4.12. The topological polar surface area (TPSA) is 136 Å². The van der Waals surface area contributed by atoms with Gasteiger partial charge in [0.05, 0.1) is 17.2 Å². The molecule has 9 nitrogen and oxygen atoms in total. The van der Waals surface area contributed by atoms with E-state index in [1.54, 1.807) is 60.7 Å². The average Bonchev–Trinajstić information content (AvgIpc) is 2.98. The fraction of sp³-hybridized carbons (Fsp3) is 0.194. The molecule has 0 spiro atoms. The number of nitrogens with two attached hydrogens (primary N) is 1. The van der Waals surface area contributed by atoms with Gasteiger partial charge in [0.2, 0.25) is 5.91 Å². The number of ether oxygens (including phenoxy) is 1. The Morgan fingerprint density at radius 2 is 1.56 bits per heavy atom. The minimum absolute atomic E-state index is 0.109. The van der Waals surface area contributed by atoms with E-state index in [1.165, 1.54) is 18.2 Å². The molecule has 3 N–H and O–H groups in total. The van der Waals surface area contributed by atoms with Crippen LogP contribution in [0.3, 0.4) is 0 Å². The summed E-state index contributed by atoms with van der Waals surface area (Å²) in [5.74, 6) is -1.69. The Labute approximate surface area is 259 Å². The number of unbranched alkanes of at least 4 members (excludes halogenated alkanes) is 1. The second-order valence-electron chi connectivity index (χ2n) is 9.61. The quantitative estimate of drug-likeness (QED) is 0.150. The minimum Gasteiger partial charge on any atom is -0.464 e. The maximum Gasteiger partial charge on any atom is 0.326 e. The number of amides is 2. The van der Waals surface area contributed by atoms with Crippen LogP contribution in [0.25, 0.3) is 10.8 Å². The zero-order valence-electron chi connectivity index (χ0n) is 23.2. The number of benzene rings is 4. The summed E-state index contributed by atoms with van der Waals surface area (Å²) in [6.07, 6.45) is 1.42. The second kappa shape index (κ2) is 13.9. The third-order valence-corrected chi connectivity index (χ3v) is 8.74. The van der Waals surface area contributed by atoms with E-state index >= 15 is 0 Å². The molecule has 0 atom stereocenters. The predicted octanol–water partition coefficient (Wildman–Crippen LogP) is 5.71. The lowest BCUT2D eigenvalue weighted by molar-refractivity contribution is -0.141. The molecule has 0 bridgehead atoms. The van der Waals surface area contributed by atoms with Crippen LogP contribution in [0.1, 0.15) is 46.0 Å². The van der Waals surface area contributed by atoms with Gasteiger partial charge in [0.1, 0.15) is 6.54 Å². The van der Waals surface area contributed by atoms with Crippen molar-refractivity contribution < 1.29 is 27.5 Å². The number of primary amides is 1. The molecule has 0 radical (unpaired) electrons. The first kappa shape index (κ1) is 31.8. The van der Waals surface area contributed by atoms with Gasteiger partial charge in [0.15, 0.2) is 0 Å². The summed E-state index contributed by atoms with van der Waals surface area (Å²) in [5, 5.41) is 3.94. The van der Waals surface area contributed by atoms with Crippen molar-refractivity contribution in [2.75, 3.05) is 17.5 Å². The van der Waals surface area contributed by atoms with Crippen molar-refractivity contribution in [1.82, 2.24) is 5.32 Å². The van der Waals surface area contributed by atoms with E-state index in [-0.39, 0.29) is 33.8 Å². The zero-order chi connectivity index (χ0) is 31.1. The van der Waals surface area contributed by atoms with E-state index in [9.17, 15) is 22.8 Å². The molecule has 0 saturated heterocycles. The normalized spacial score (nSPS) is 11.2. The molecule has 4 aromatic carbocycles. The largest absolute Gasteiger partial charge is 0.464 e. The summed E-state index contributed by atoms with van der Waals surface area (Å²) < 4.78 is 34.2. The molecule has 4 rings (SSSR count). The lowest BCUT2D eigenvalue weighted by Crippen LogP contribution is -2.37. The van der Waals surface area contributed by atoms with Crippen molar-refractivity contribution in [3.05, 3.63) is 106 Å². The van der Waals surface area contributed by atoms with Crippen molar-refractivity contribution in [2.45, 2.75) is 31.2 Å². The highest BCUT2D eigenvalue weighted by atomic mass is 35.5. The Bertz CT molecular complexity index is 1760.